The number of hydrogen-bond acceptors (Lipinski definition) is 7. The average molecular weight is 405 g/mol. The zero-order valence-electron chi connectivity index (χ0n) is 15.2. The number of rotatable bonds is 4. The number of dihydropyridines is 1. The number of nitrogens with one attached hydrogen (secondary N) is 2. The minimum Gasteiger partial charge on any atom is -0.386 e. The van der Waals surface area contributed by atoms with E-state index in [0.717, 1.165) is 24.6 Å². The van der Waals surface area contributed by atoms with Crippen molar-refractivity contribution in [2.24, 2.45) is 5.84 Å². The Kier molecular flexibility index (Phi) is 4.86. The van der Waals surface area contributed by atoms with Gasteiger partial charge in [-0.25, -0.2) is 20.2 Å². The number of hydrazine groups is 1. The number of aromatic nitrogens is 2. The fraction of sp³-hybridized carbons (Fsp3) is 0.368. The molecule has 3 aliphatic rings. The van der Waals surface area contributed by atoms with Crippen molar-refractivity contribution in [2.45, 2.75) is 43.5 Å². The van der Waals surface area contributed by atoms with Crippen molar-refractivity contribution in [1.29, 1.82) is 0 Å². The van der Waals surface area contributed by atoms with Crippen LogP contribution in [-0.4, -0.2) is 37.9 Å². The minimum atomic E-state index is -0.939. The summed E-state index contributed by atoms with van der Waals surface area (Å²) in [5.74, 6) is 5.92. The van der Waals surface area contributed by atoms with Gasteiger partial charge in [-0.1, -0.05) is 17.7 Å². The van der Waals surface area contributed by atoms with E-state index in [1.165, 1.54) is 5.01 Å². The molecule has 1 aliphatic carbocycles. The van der Waals surface area contributed by atoms with Gasteiger partial charge in [0, 0.05) is 29.6 Å². The summed E-state index contributed by atoms with van der Waals surface area (Å²) >= 11 is 6.10. The highest BCUT2D eigenvalue weighted by Gasteiger charge is 2.34. The van der Waals surface area contributed by atoms with Crippen LogP contribution in [0.25, 0.3) is 5.57 Å². The number of hydrogen-bond donors (Lipinski definition) is 4. The number of anilines is 1. The summed E-state index contributed by atoms with van der Waals surface area (Å²) in [5.41, 5.74) is 0.539. The third-order valence-electron chi connectivity index (χ3n) is 5.32. The number of allylic oxidation sites excluding steroid dienone is 2. The van der Waals surface area contributed by atoms with Gasteiger partial charge in [-0.15, -0.1) is 6.58 Å². The van der Waals surface area contributed by atoms with E-state index in [9.17, 15) is 9.50 Å². The lowest BCUT2D eigenvalue weighted by Crippen LogP contribution is -2.43. The van der Waals surface area contributed by atoms with Crippen LogP contribution in [-0.2, 0) is 0 Å². The third-order valence-corrected chi connectivity index (χ3v) is 5.54. The molecule has 28 heavy (non-hydrogen) atoms. The van der Waals surface area contributed by atoms with Crippen LogP contribution in [0.5, 0.6) is 0 Å². The molecular formula is C19H22ClFN6O. The van der Waals surface area contributed by atoms with Crippen LogP contribution >= 0.6 is 11.6 Å². The summed E-state index contributed by atoms with van der Waals surface area (Å²) in [6.07, 6.45) is 10.3. The molecule has 1 aromatic rings. The topological polar surface area (TPSA) is 99.3 Å². The molecule has 148 valence electrons. The van der Waals surface area contributed by atoms with Gasteiger partial charge >= 0.3 is 0 Å². The van der Waals surface area contributed by atoms with Gasteiger partial charge in [-0.05, 0) is 31.8 Å². The molecular weight excluding hydrogens is 383 g/mol. The Bertz CT molecular complexity index is 900. The molecule has 1 saturated carbocycles. The molecule has 3 heterocycles. The molecule has 3 atom stereocenters. The Hall–Kier alpha value is -2.42. The standard InChI is InChI=1S/C19H22ClFN6O/c1-2-19(28)5-3-4-12(7-19)25-17-15(21)9-23-16(26-17)14-10-27(22)18-13(14)6-11(20)8-24-18/h2,6,8-10,12,18,24,28H,1,3-5,7,22H2,(H,23,25,26). The summed E-state index contributed by atoms with van der Waals surface area (Å²) in [6.45, 7) is 3.70. The molecule has 9 heteroatoms. The van der Waals surface area contributed by atoms with Gasteiger partial charge in [0.25, 0.3) is 0 Å². The van der Waals surface area contributed by atoms with Gasteiger partial charge < -0.3 is 15.7 Å². The summed E-state index contributed by atoms with van der Waals surface area (Å²) in [6, 6.07) is -0.113. The smallest absolute Gasteiger partial charge is 0.183 e. The first kappa shape index (κ1) is 18.9. The molecule has 5 N–H and O–H groups in total. The minimum absolute atomic E-state index is 0.0993. The average Bonchev–Trinajstić information content (AvgIpc) is 2.99. The van der Waals surface area contributed by atoms with Crippen LogP contribution in [0.15, 0.2) is 47.9 Å². The van der Waals surface area contributed by atoms with E-state index in [0.29, 0.717) is 29.3 Å². The Morgan fingerprint density at radius 1 is 1.54 bits per heavy atom. The van der Waals surface area contributed by atoms with E-state index in [2.05, 4.69) is 27.2 Å². The lowest BCUT2D eigenvalue weighted by molar-refractivity contribution is 0.0469. The van der Waals surface area contributed by atoms with Crippen molar-refractivity contribution >= 4 is 23.0 Å². The quantitative estimate of drug-likeness (QED) is 0.451. The first-order valence-electron chi connectivity index (χ1n) is 9.12. The summed E-state index contributed by atoms with van der Waals surface area (Å²) in [5, 5.41) is 18.7. The molecule has 0 aromatic carbocycles. The first-order chi connectivity index (χ1) is 13.4. The van der Waals surface area contributed by atoms with Gasteiger partial charge in [-0.3, -0.25) is 5.01 Å². The highest BCUT2D eigenvalue weighted by Crippen LogP contribution is 2.35. The molecule has 7 nitrogen and oxygen atoms in total. The molecule has 0 saturated heterocycles. The lowest BCUT2D eigenvalue weighted by Gasteiger charge is -2.35. The number of fused-ring (bicyclic) bond motifs is 1. The predicted molar refractivity (Wildman–Crippen MR) is 106 cm³/mol. The Morgan fingerprint density at radius 2 is 2.36 bits per heavy atom. The maximum absolute atomic E-state index is 14.4. The monoisotopic (exact) mass is 404 g/mol. The number of halogens is 2. The van der Waals surface area contributed by atoms with Crippen LogP contribution < -0.4 is 16.5 Å². The van der Waals surface area contributed by atoms with Gasteiger partial charge in [-0.2, -0.15) is 0 Å². The van der Waals surface area contributed by atoms with E-state index in [1.54, 1.807) is 24.6 Å². The van der Waals surface area contributed by atoms with Gasteiger partial charge in [0.2, 0.25) is 0 Å². The molecule has 1 fully saturated rings. The summed E-state index contributed by atoms with van der Waals surface area (Å²) < 4.78 is 14.4. The van der Waals surface area contributed by atoms with Crippen molar-refractivity contribution in [3.05, 3.63) is 59.6 Å². The molecule has 4 rings (SSSR count). The number of nitrogens with two attached hydrogens (primary N) is 1. The molecule has 3 unspecified atom stereocenters. The molecule has 0 radical (unpaired) electrons. The Labute approximate surface area is 167 Å². The predicted octanol–water partition coefficient (Wildman–Crippen LogP) is 2.35. The summed E-state index contributed by atoms with van der Waals surface area (Å²) in [4.78, 5) is 8.52. The van der Waals surface area contributed by atoms with Crippen molar-refractivity contribution in [2.75, 3.05) is 5.32 Å². The zero-order chi connectivity index (χ0) is 19.9. The van der Waals surface area contributed by atoms with E-state index >= 15 is 0 Å². The molecule has 0 amide bonds. The third kappa shape index (κ3) is 3.50. The van der Waals surface area contributed by atoms with Crippen LogP contribution in [0.2, 0.25) is 0 Å². The first-order valence-corrected chi connectivity index (χ1v) is 9.50. The van der Waals surface area contributed by atoms with Crippen molar-refractivity contribution in [3.63, 3.8) is 0 Å². The van der Waals surface area contributed by atoms with Crippen molar-refractivity contribution in [1.82, 2.24) is 20.3 Å². The highest BCUT2D eigenvalue weighted by molar-refractivity contribution is 6.31. The number of aliphatic hydroxyl groups is 1. The van der Waals surface area contributed by atoms with E-state index < -0.39 is 11.4 Å². The molecule has 2 aliphatic heterocycles. The molecule has 0 spiro atoms. The zero-order valence-corrected chi connectivity index (χ0v) is 16.0. The summed E-state index contributed by atoms with van der Waals surface area (Å²) in [7, 11) is 0. The largest absolute Gasteiger partial charge is 0.386 e. The van der Waals surface area contributed by atoms with Crippen LogP contribution in [0, 0.1) is 5.82 Å². The fourth-order valence-corrected chi connectivity index (χ4v) is 4.04. The lowest BCUT2D eigenvalue weighted by atomic mass is 9.82. The van der Waals surface area contributed by atoms with Gasteiger partial charge in [0.15, 0.2) is 17.5 Å². The Balaban J connectivity index is 1.60. The maximum atomic E-state index is 14.4. The van der Waals surface area contributed by atoms with Gasteiger partial charge in [0.05, 0.1) is 16.8 Å². The molecule has 1 aromatic heterocycles. The van der Waals surface area contributed by atoms with Crippen molar-refractivity contribution < 1.29 is 9.50 Å². The van der Waals surface area contributed by atoms with Crippen LogP contribution in [0.4, 0.5) is 10.2 Å². The normalized spacial score (nSPS) is 29.3. The number of nitrogens with zero attached hydrogens (tertiary/aromatic N) is 3. The van der Waals surface area contributed by atoms with E-state index in [4.69, 9.17) is 17.4 Å². The van der Waals surface area contributed by atoms with Crippen LogP contribution in [0.3, 0.4) is 0 Å². The fourth-order valence-electron chi connectivity index (χ4n) is 3.86. The van der Waals surface area contributed by atoms with Crippen molar-refractivity contribution in [3.8, 4) is 0 Å². The second kappa shape index (κ2) is 7.20. The van der Waals surface area contributed by atoms with Gasteiger partial charge in [0.1, 0.15) is 6.17 Å². The molecule has 0 bridgehead atoms. The van der Waals surface area contributed by atoms with E-state index in [1.807, 2.05) is 0 Å². The van der Waals surface area contributed by atoms with E-state index in [-0.39, 0.29) is 18.0 Å². The maximum Gasteiger partial charge on any atom is 0.183 e. The SMILES string of the molecule is C=CC1(O)CCCC(Nc2nc(C3=CN(N)C4NC=C(Cl)C=C34)ncc2F)C1. The second-order valence-corrected chi connectivity index (χ2v) is 7.76. The van der Waals surface area contributed by atoms with Crippen LogP contribution in [0.1, 0.15) is 31.5 Å². The highest BCUT2D eigenvalue weighted by atomic mass is 35.5. The Morgan fingerprint density at radius 3 is 3.14 bits per heavy atom. The second-order valence-electron chi connectivity index (χ2n) is 7.32.